The van der Waals surface area contributed by atoms with Gasteiger partial charge in [0.1, 0.15) is 0 Å². The zero-order valence-electron chi connectivity index (χ0n) is 13.5. The van der Waals surface area contributed by atoms with Gasteiger partial charge >= 0.3 is 12.0 Å². The molecule has 1 saturated heterocycles. The van der Waals surface area contributed by atoms with Gasteiger partial charge in [0, 0.05) is 25.7 Å². The lowest BCUT2D eigenvalue weighted by Gasteiger charge is -2.20. The fraction of sp³-hybridized carbons (Fsp3) is 0.500. The lowest BCUT2D eigenvalue weighted by atomic mass is 9.90. The van der Waals surface area contributed by atoms with Gasteiger partial charge in [0.05, 0.1) is 18.1 Å². The number of hydrogen-bond acceptors (Lipinski definition) is 5. The maximum Gasteiger partial charge on any atom is 0.323 e. The summed E-state index contributed by atoms with van der Waals surface area (Å²) >= 11 is 0. The number of amides is 2. The van der Waals surface area contributed by atoms with Crippen molar-refractivity contribution in [3.63, 3.8) is 0 Å². The number of carboxylic acids is 1. The van der Waals surface area contributed by atoms with Crippen molar-refractivity contribution in [3.8, 4) is 11.8 Å². The molecule has 128 valence electrons. The van der Waals surface area contributed by atoms with Crippen LogP contribution in [0.15, 0.2) is 18.3 Å². The van der Waals surface area contributed by atoms with Crippen LogP contribution in [-0.4, -0.2) is 46.7 Å². The molecule has 1 aliphatic heterocycles. The first-order chi connectivity index (χ1) is 11.5. The van der Waals surface area contributed by atoms with E-state index < -0.39 is 17.4 Å². The summed E-state index contributed by atoms with van der Waals surface area (Å²) in [6.45, 7) is 2.51. The molecule has 2 heterocycles. The Morgan fingerprint density at radius 2 is 2.38 bits per heavy atom. The third-order valence-corrected chi connectivity index (χ3v) is 3.96. The van der Waals surface area contributed by atoms with Crippen LogP contribution in [0.2, 0.25) is 0 Å². The highest BCUT2D eigenvalue weighted by molar-refractivity contribution is 5.90. The van der Waals surface area contributed by atoms with Crippen LogP contribution in [0, 0.1) is 16.7 Å². The number of carbonyl (C=O) groups is 2. The summed E-state index contributed by atoms with van der Waals surface area (Å²) in [5, 5.41) is 20.4. The van der Waals surface area contributed by atoms with Crippen LogP contribution in [0.5, 0.6) is 5.75 Å². The molecule has 0 saturated carbocycles. The van der Waals surface area contributed by atoms with E-state index in [0.29, 0.717) is 38.2 Å². The van der Waals surface area contributed by atoms with E-state index in [1.54, 1.807) is 19.1 Å². The SMILES string of the molecule is CC1(C(=O)O)CCN(C(=O)Nc2ncccc2OCCCC#N)C1. The molecule has 0 aromatic carbocycles. The summed E-state index contributed by atoms with van der Waals surface area (Å²) in [6, 6.07) is 5.00. The summed E-state index contributed by atoms with van der Waals surface area (Å²) < 4.78 is 5.54. The Bertz CT molecular complexity index is 658. The minimum Gasteiger partial charge on any atom is -0.490 e. The maximum atomic E-state index is 12.3. The van der Waals surface area contributed by atoms with Crippen molar-refractivity contribution >= 4 is 17.8 Å². The van der Waals surface area contributed by atoms with Crippen molar-refractivity contribution < 1.29 is 19.4 Å². The Labute approximate surface area is 140 Å². The Morgan fingerprint density at radius 1 is 1.58 bits per heavy atom. The number of aromatic nitrogens is 1. The fourth-order valence-corrected chi connectivity index (χ4v) is 2.42. The van der Waals surface area contributed by atoms with E-state index in [1.165, 1.54) is 11.1 Å². The van der Waals surface area contributed by atoms with Crippen LogP contribution in [-0.2, 0) is 4.79 Å². The molecule has 0 aliphatic carbocycles. The number of unbranched alkanes of at least 4 members (excludes halogenated alkanes) is 1. The molecule has 1 aromatic heterocycles. The van der Waals surface area contributed by atoms with Crippen LogP contribution in [0.3, 0.4) is 0 Å². The maximum absolute atomic E-state index is 12.3. The van der Waals surface area contributed by atoms with E-state index in [9.17, 15) is 14.7 Å². The third-order valence-electron chi connectivity index (χ3n) is 3.96. The second-order valence-electron chi connectivity index (χ2n) is 5.93. The predicted octanol–water partition coefficient (Wildman–Crippen LogP) is 2.09. The molecular weight excluding hydrogens is 312 g/mol. The average molecular weight is 332 g/mol. The summed E-state index contributed by atoms with van der Waals surface area (Å²) in [6.07, 6.45) is 2.92. The number of anilines is 1. The highest BCUT2D eigenvalue weighted by Gasteiger charge is 2.42. The van der Waals surface area contributed by atoms with Gasteiger partial charge in [0.15, 0.2) is 11.6 Å². The normalized spacial score (nSPS) is 19.6. The standard InChI is InChI=1S/C16H20N4O4/c1-16(14(21)22)6-9-20(11-16)15(23)19-13-12(5-4-8-18-13)24-10-3-2-7-17/h4-5,8H,2-3,6,9-11H2,1H3,(H,21,22)(H,18,19,23). The summed E-state index contributed by atoms with van der Waals surface area (Å²) in [5.41, 5.74) is -0.919. The molecule has 1 unspecified atom stereocenters. The second-order valence-corrected chi connectivity index (χ2v) is 5.93. The largest absolute Gasteiger partial charge is 0.490 e. The Hall–Kier alpha value is -2.82. The number of pyridine rings is 1. The smallest absolute Gasteiger partial charge is 0.323 e. The van der Waals surface area contributed by atoms with Crippen LogP contribution < -0.4 is 10.1 Å². The number of aliphatic carboxylic acids is 1. The van der Waals surface area contributed by atoms with E-state index in [-0.39, 0.29) is 12.4 Å². The van der Waals surface area contributed by atoms with Crippen molar-refractivity contribution in [2.45, 2.75) is 26.2 Å². The van der Waals surface area contributed by atoms with Gasteiger partial charge in [-0.2, -0.15) is 5.26 Å². The number of ether oxygens (including phenoxy) is 1. The Kier molecular flexibility index (Phi) is 5.58. The van der Waals surface area contributed by atoms with Gasteiger partial charge in [-0.05, 0) is 31.9 Å². The minimum absolute atomic E-state index is 0.152. The molecular formula is C16H20N4O4. The fourth-order valence-electron chi connectivity index (χ4n) is 2.42. The number of hydrogen-bond donors (Lipinski definition) is 2. The van der Waals surface area contributed by atoms with Crippen molar-refractivity contribution in [1.82, 2.24) is 9.88 Å². The molecule has 1 aromatic rings. The van der Waals surface area contributed by atoms with Gasteiger partial charge in [-0.25, -0.2) is 9.78 Å². The van der Waals surface area contributed by atoms with Gasteiger partial charge < -0.3 is 14.7 Å². The molecule has 1 fully saturated rings. The van der Waals surface area contributed by atoms with Crippen LogP contribution in [0.4, 0.5) is 10.6 Å². The van der Waals surface area contributed by atoms with Crippen molar-refractivity contribution in [2.24, 2.45) is 5.41 Å². The monoisotopic (exact) mass is 332 g/mol. The summed E-state index contributed by atoms with van der Waals surface area (Å²) in [5.74, 6) is -0.204. The molecule has 0 spiro atoms. The topological polar surface area (TPSA) is 116 Å². The molecule has 24 heavy (non-hydrogen) atoms. The highest BCUT2D eigenvalue weighted by atomic mass is 16.5. The zero-order valence-corrected chi connectivity index (χ0v) is 13.5. The molecule has 2 N–H and O–H groups in total. The average Bonchev–Trinajstić information content (AvgIpc) is 2.97. The minimum atomic E-state index is -0.919. The second kappa shape index (κ2) is 7.64. The highest BCUT2D eigenvalue weighted by Crippen LogP contribution is 2.31. The number of nitriles is 1. The van der Waals surface area contributed by atoms with Gasteiger partial charge in [0.25, 0.3) is 0 Å². The van der Waals surface area contributed by atoms with E-state index >= 15 is 0 Å². The van der Waals surface area contributed by atoms with Gasteiger partial charge in [-0.3, -0.25) is 10.1 Å². The van der Waals surface area contributed by atoms with Crippen LogP contribution in [0.1, 0.15) is 26.2 Å². The predicted molar refractivity (Wildman–Crippen MR) is 85.5 cm³/mol. The first kappa shape index (κ1) is 17.5. The van der Waals surface area contributed by atoms with Crippen LogP contribution in [0.25, 0.3) is 0 Å². The number of nitrogens with zero attached hydrogens (tertiary/aromatic N) is 3. The molecule has 8 heteroatoms. The molecule has 8 nitrogen and oxygen atoms in total. The van der Waals surface area contributed by atoms with E-state index in [4.69, 9.17) is 10.00 Å². The number of rotatable bonds is 6. The third kappa shape index (κ3) is 4.13. The molecule has 1 atom stereocenters. The van der Waals surface area contributed by atoms with Gasteiger partial charge in [-0.1, -0.05) is 0 Å². The zero-order chi connectivity index (χ0) is 17.6. The molecule has 1 aliphatic rings. The lowest BCUT2D eigenvalue weighted by molar-refractivity contribution is -0.146. The van der Waals surface area contributed by atoms with E-state index in [0.717, 1.165) is 0 Å². The molecule has 2 rings (SSSR count). The molecule has 0 bridgehead atoms. The number of carbonyl (C=O) groups excluding carboxylic acids is 1. The Morgan fingerprint density at radius 3 is 3.04 bits per heavy atom. The molecule has 0 radical (unpaired) electrons. The van der Waals surface area contributed by atoms with Gasteiger partial charge in [-0.15, -0.1) is 0 Å². The van der Waals surface area contributed by atoms with E-state index in [2.05, 4.69) is 10.3 Å². The van der Waals surface area contributed by atoms with Gasteiger partial charge in [0.2, 0.25) is 0 Å². The van der Waals surface area contributed by atoms with Crippen molar-refractivity contribution in [2.75, 3.05) is 25.0 Å². The first-order valence-corrected chi connectivity index (χ1v) is 7.70. The summed E-state index contributed by atoms with van der Waals surface area (Å²) in [7, 11) is 0. The Balaban J connectivity index is 1.97. The molecule has 2 amide bonds. The number of urea groups is 1. The van der Waals surface area contributed by atoms with Crippen LogP contribution >= 0.6 is 0 Å². The number of carboxylic acid groups (broad SMARTS) is 1. The number of nitrogens with one attached hydrogen (secondary N) is 1. The first-order valence-electron chi connectivity index (χ1n) is 7.70. The summed E-state index contributed by atoms with van der Waals surface area (Å²) in [4.78, 5) is 29.2. The van der Waals surface area contributed by atoms with Crippen molar-refractivity contribution in [1.29, 1.82) is 5.26 Å². The lowest BCUT2D eigenvalue weighted by Crippen LogP contribution is -2.37. The van der Waals surface area contributed by atoms with E-state index in [1.807, 2.05) is 6.07 Å². The van der Waals surface area contributed by atoms with Crippen molar-refractivity contribution in [3.05, 3.63) is 18.3 Å². The number of likely N-dealkylation sites (tertiary alicyclic amines) is 1. The quantitative estimate of drug-likeness (QED) is 0.771.